The fraction of sp³-hybridized carbons (Fsp3) is 0.0714. The third kappa shape index (κ3) is 2.05. The second kappa shape index (κ2) is 4.57. The third-order valence-electron chi connectivity index (χ3n) is 2.97. The quantitative estimate of drug-likeness (QED) is 0.706. The van der Waals surface area contributed by atoms with Gasteiger partial charge in [0, 0.05) is 16.4 Å². The van der Waals surface area contributed by atoms with Gasteiger partial charge in [-0.1, -0.05) is 11.6 Å². The molecule has 0 radical (unpaired) electrons. The Balaban J connectivity index is 2.29. The molecular weight excluding hydrogens is 262 g/mol. The minimum absolute atomic E-state index is 0.142. The van der Waals surface area contributed by atoms with Crippen LogP contribution in [-0.2, 0) is 6.61 Å². The van der Waals surface area contributed by atoms with Crippen molar-refractivity contribution in [3.8, 4) is 5.69 Å². The Kier molecular flexibility index (Phi) is 2.89. The lowest BCUT2D eigenvalue weighted by Gasteiger charge is -2.07. The van der Waals surface area contributed by atoms with Gasteiger partial charge in [-0.2, -0.15) is 0 Å². The van der Waals surface area contributed by atoms with Crippen LogP contribution in [0, 0.1) is 0 Å². The molecule has 5 heteroatoms. The molecule has 0 aliphatic heterocycles. The summed E-state index contributed by atoms with van der Waals surface area (Å²) in [6.45, 7) is -0.142. The van der Waals surface area contributed by atoms with Crippen LogP contribution in [0.3, 0.4) is 0 Å². The summed E-state index contributed by atoms with van der Waals surface area (Å²) < 4.78 is 1.89. The van der Waals surface area contributed by atoms with Gasteiger partial charge in [-0.15, -0.1) is 0 Å². The number of aliphatic hydroxyl groups is 1. The number of anilines is 1. The van der Waals surface area contributed by atoms with Crippen molar-refractivity contribution < 1.29 is 5.11 Å². The van der Waals surface area contributed by atoms with E-state index in [4.69, 9.17) is 17.3 Å². The van der Waals surface area contributed by atoms with Gasteiger partial charge < -0.3 is 10.8 Å². The standard InChI is InChI=1S/C14H12ClN3O/c15-9-1-4-11(5-2-9)18-13-6-3-10(16)7-12(13)17-14(18)8-19/h1-7,19H,8,16H2. The number of aliphatic hydroxyl groups excluding tert-OH is 1. The molecular formula is C14H12ClN3O. The first-order chi connectivity index (χ1) is 9.19. The van der Waals surface area contributed by atoms with Crippen molar-refractivity contribution in [2.75, 3.05) is 5.73 Å². The van der Waals surface area contributed by atoms with Crippen LogP contribution < -0.4 is 5.73 Å². The van der Waals surface area contributed by atoms with E-state index >= 15 is 0 Å². The Morgan fingerprint density at radius 3 is 2.58 bits per heavy atom. The Labute approximate surface area is 115 Å². The zero-order valence-electron chi connectivity index (χ0n) is 10.0. The Bertz CT molecular complexity index is 734. The predicted molar refractivity (Wildman–Crippen MR) is 76.4 cm³/mol. The summed E-state index contributed by atoms with van der Waals surface area (Å²) >= 11 is 5.89. The topological polar surface area (TPSA) is 64.1 Å². The fourth-order valence-electron chi connectivity index (χ4n) is 2.13. The van der Waals surface area contributed by atoms with Crippen molar-refractivity contribution in [2.24, 2.45) is 0 Å². The van der Waals surface area contributed by atoms with Crippen LogP contribution in [0.5, 0.6) is 0 Å². The number of halogens is 1. The van der Waals surface area contributed by atoms with E-state index in [0.29, 0.717) is 16.5 Å². The molecule has 0 spiro atoms. The van der Waals surface area contributed by atoms with Crippen LogP contribution in [0.2, 0.25) is 5.02 Å². The number of fused-ring (bicyclic) bond motifs is 1. The van der Waals surface area contributed by atoms with Crippen LogP contribution in [0.1, 0.15) is 5.82 Å². The van der Waals surface area contributed by atoms with Crippen LogP contribution in [0.25, 0.3) is 16.7 Å². The lowest BCUT2D eigenvalue weighted by molar-refractivity contribution is 0.270. The average Bonchev–Trinajstić information content (AvgIpc) is 2.77. The second-order valence-electron chi connectivity index (χ2n) is 4.25. The molecule has 0 bridgehead atoms. The molecule has 2 aromatic carbocycles. The summed E-state index contributed by atoms with van der Waals surface area (Å²) in [5.41, 5.74) is 8.97. The molecule has 96 valence electrons. The number of aromatic nitrogens is 2. The van der Waals surface area contributed by atoms with Crippen molar-refractivity contribution in [3.63, 3.8) is 0 Å². The number of rotatable bonds is 2. The van der Waals surface area contributed by atoms with Gasteiger partial charge in [-0.3, -0.25) is 4.57 Å². The Morgan fingerprint density at radius 2 is 1.89 bits per heavy atom. The first-order valence-corrected chi connectivity index (χ1v) is 6.20. The fourth-order valence-corrected chi connectivity index (χ4v) is 2.26. The first-order valence-electron chi connectivity index (χ1n) is 5.82. The van der Waals surface area contributed by atoms with Gasteiger partial charge in [-0.05, 0) is 42.5 Å². The molecule has 0 fully saturated rings. The lowest BCUT2D eigenvalue weighted by atomic mass is 10.2. The molecule has 3 rings (SSSR count). The average molecular weight is 274 g/mol. The number of nitrogens with zero attached hydrogens (tertiary/aromatic N) is 2. The summed E-state index contributed by atoms with van der Waals surface area (Å²) in [7, 11) is 0. The van der Waals surface area contributed by atoms with E-state index in [9.17, 15) is 5.11 Å². The highest BCUT2D eigenvalue weighted by Gasteiger charge is 2.11. The number of hydrogen-bond donors (Lipinski definition) is 2. The summed E-state index contributed by atoms with van der Waals surface area (Å²) in [5, 5.41) is 10.1. The van der Waals surface area contributed by atoms with Gasteiger partial charge in [0.2, 0.25) is 0 Å². The smallest absolute Gasteiger partial charge is 0.140 e. The van der Waals surface area contributed by atoms with E-state index in [1.807, 2.05) is 28.8 Å². The second-order valence-corrected chi connectivity index (χ2v) is 4.68. The molecule has 1 heterocycles. The van der Waals surface area contributed by atoms with Crippen molar-refractivity contribution in [1.29, 1.82) is 0 Å². The SMILES string of the molecule is Nc1ccc2c(c1)nc(CO)n2-c1ccc(Cl)cc1. The maximum absolute atomic E-state index is 9.46. The van der Waals surface area contributed by atoms with Gasteiger partial charge in [0.15, 0.2) is 0 Å². The molecule has 3 aromatic rings. The highest BCUT2D eigenvalue weighted by Crippen LogP contribution is 2.24. The summed E-state index contributed by atoms with van der Waals surface area (Å²) in [5.74, 6) is 0.572. The molecule has 4 nitrogen and oxygen atoms in total. The van der Waals surface area contributed by atoms with E-state index in [-0.39, 0.29) is 6.61 Å². The number of nitrogens with two attached hydrogens (primary N) is 1. The molecule has 0 aliphatic carbocycles. The molecule has 19 heavy (non-hydrogen) atoms. The molecule has 1 aromatic heterocycles. The maximum Gasteiger partial charge on any atom is 0.140 e. The van der Waals surface area contributed by atoms with Crippen LogP contribution >= 0.6 is 11.6 Å². The number of imidazole rings is 1. The van der Waals surface area contributed by atoms with Gasteiger partial charge >= 0.3 is 0 Å². The van der Waals surface area contributed by atoms with E-state index < -0.39 is 0 Å². The van der Waals surface area contributed by atoms with Crippen LogP contribution in [-0.4, -0.2) is 14.7 Å². The van der Waals surface area contributed by atoms with Gasteiger partial charge in [-0.25, -0.2) is 4.98 Å². The van der Waals surface area contributed by atoms with Crippen LogP contribution in [0.15, 0.2) is 42.5 Å². The van der Waals surface area contributed by atoms with Gasteiger partial charge in [0.05, 0.1) is 11.0 Å². The van der Waals surface area contributed by atoms with E-state index in [1.54, 1.807) is 18.2 Å². The molecule has 0 amide bonds. The summed E-state index contributed by atoms with van der Waals surface area (Å²) in [6, 6.07) is 12.9. The zero-order valence-corrected chi connectivity index (χ0v) is 10.8. The van der Waals surface area contributed by atoms with Crippen molar-refractivity contribution in [3.05, 3.63) is 53.3 Å². The van der Waals surface area contributed by atoms with E-state index in [1.165, 1.54) is 0 Å². The van der Waals surface area contributed by atoms with E-state index in [0.717, 1.165) is 16.7 Å². The van der Waals surface area contributed by atoms with Crippen molar-refractivity contribution in [2.45, 2.75) is 6.61 Å². The molecule has 0 atom stereocenters. The molecule has 0 saturated carbocycles. The summed E-state index contributed by atoms with van der Waals surface area (Å²) in [6.07, 6.45) is 0. The van der Waals surface area contributed by atoms with Gasteiger partial charge in [0.1, 0.15) is 12.4 Å². The Morgan fingerprint density at radius 1 is 1.16 bits per heavy atom. The third-order valence-corrected chi connectivity index (χ3v) is 3.23. The normalized spacial score (nSPS) is 11.1. The largest absolute Gasteiger partial charge is 0.399 e. The number of nitrogen functional groups attached to an aromatic ring is 1. The zero-order chi connectivity index (χ0) is 13.4. The van der Waals surface area contributed by atoms with Crippen LogP contribution in [0.4, 0.5) is 5.69 Å². The van der Waals surface area contributed by atoms with Gasteiger partial charge in [0.25, 0.3) is 0 Å². The minimum Gasteiger partial charge on any atom is -0.399 e. The first kappa shape index (κ1) is 12.0. The minimum atomic E-state index is -0.142. The molecule has 0 saturated heterocycles. The summed E-state index contributed by atoms with van der Waals surface area (Å²) in [4.78, 5) is 4.39. The highest BCUT2D eigenvalue weighted by molar-refractivity contribution is 6.30. The molecule has 0 unspecified atom stereocenters. The number of hydrogen-bond acceptors (Lipinski definition) is 3. The predicted octanol–water partition coefficient (Wildman–Crippen LogP) is 2.75. The maximum atomic E-state index is 9.46. The molecule has 3 N–H and O–H groups in total. The lowest BCUT2D eigenvalue weighted by Crippen LogP contribution is -2.00. The number of benzene rings is 2. The highest BCUT2D eigenvalue weighted by atomic mass is 35.5. The van der Waals surface area contributed by atoms with E-state index in [2.05, 4.69) is 4.98 Å². The monoisotopic (exact) mass is 273 g/mol. The van der Waals surface area contributed by atoms with Crippen molar-refractivity contribution >= 4 is 28.3 Å². The molecule has 0 aliphatic rings. The van der Waals surface area contributed by atoms with Crippen molar-refractivity contribution in [1.82, 2.24) is 9.55 Å². The Hall–Kier alpha value is -2.04.